The molecule has 118 valence electrons. The molecule has 0 rings (SSSR count). The molecule has 10 heteroatoms. The largest absolute Gasteiger partial charge is 0.463 e. The first-order valence-electron chi connectivity index (χ1n) is 5.89. The minimum Gasteiger partial charge on any atom is -0.463 e. The molecule has 20 heavy (non-hydrogen) atoms. The van der Waals surface area contributed by atoms with Crippen LogP contribution in [0.25, 0.3) is 0 Å². The number of ether oxygens (including phenoxy) is 2. The summed E-state index contributed by atoms with van der Waals surface area (Å²) in [5.41, 5.74) is 2.32. The van der Waals surface area contributed by atoms with Gasteiger partial charge in [0.1, 0.15) is 6.54 Å². The molecular weight excluding hydrogens is 405 g/mol. The molecule has 0 aromatic heterocycles. The van der Waals surface area contributed by atoms with Gasteiger partial charge >= 0.3 is 11.9 Å². The van der Waals surface area contributed by atoms with Crippen molar-refractivity contribution in [3.05, 3.63) is 0 Å². The highest BCUT2D eigenvalue weighted by molar-refractivity contribution is 14.2. The summed E-state index contributed by atoms with van der Waals surface area (Å²) < 4.78 is 31.0. The highest BCUT2D eigenvalue weighted by Crippen LogP contribution is 2.02. The lowest BCUT2D eigenvalue weighted by Gasteiger charge is -2.12. The zero-order valence-electron chi connectivity index (χ0n) is 11.3. The minimum absolute atomic E-state index is 0.000418. The van der Waals surface area contributed by atoms with E-state index in [-0.39, 0.29) is 25.5 Å². The van der Waals surface area contributed by atoms with Crippen LogP contribution in [0.1, 0.15) is 20.3 Å². The highest BCUT2D eigenvalue weighted by atomic mass is 127. The van der Waals surface area contributed by atoms with Crippen LogP contribution in [-0.4, -0.2) is 52.0 Å². The second-order valence-corrected chi connectivity index (χ2v) is 9.16. The number of hydrogen-bond acceptors (Lipinski definition) is 8. The Morgan fingerprint density at radius 1 is 1.35 bits per heavy atom. The number of hydrogen-bond donors (Lipinski definition) is 1. The predicted octanol–water partition coefficient (Wildman–Crippen LogP) is 0.157. The maximum atomic E-state index is 11.3. The second kappa shape index (κ2) is 10.3. The predicted molar refractivity (Wildman–Crippen MR) is 78.6 cm³/mol. The summed E-state index contributed by atoms with van der Waals surface area (Å²) >= 11 is 1.35. The Morgan fingerprint density at radius 3 is 2.55 bits per heavy atom. The lowest BCUT2D eigenvalue weighted by Crippen LogP contribution is -2.32. The van der Waals surface area contributed by atoms with Gasteiger partial charge < -0.3 is 14.3 Å². The molecule has 0 heterocycles. The van der Waals surface area contributed by atoms with Crippen LogP contribution in [0.3, 0.4) is 0 Å². The molecule has 0 aromatic carbocycles. The van der Waals surface area contributed by atoms with Gasteiger partial charge in [0.2, 0.25) is 7.01 Å². The van der Waals surface area contributed by atoms with Crippen LogP contribution in [0.4, 0.5) is 0 Å². The first kappa shape index (κ1) is 19.5. The molecule has 0 fully saturated rings. The van der Waals surface area contributed by atoms with Crippen LogP contribution in [0, 0.1) is 0 Å². The van der Waals surface area contributed by atoms with E-state index in [1.54, 1.807) is 6.92 Å². The average molecular weight is 423 g/mol. The number of rotatable bonds is 10. The van der Waals surface area contributed by atoms with E-state index in [0.29, 0.717) is 6.42 Å². The molecule has 0 amide bonds. The SMILES string of the molecule is CCOC(=O)C(C)OC(=O)CNOCCCS(=O)(=O)I. The number of nitrogens with one attached hydrogen (secondary N) is 1. The molecule has 1 unspecified atom stereocenters. The molecule has 0 saturated carbocycles. The minimum atomic E-state index is -3.04. The lowest BCUT2D eigenvalue weighted by atomic mass is 10.4. The van der Waals surface area contributed by atoms with E-state index in [1.807, 2.05) is 0 Å². The van der Waals surface area contributed by atoms with Crippen molar-refractivity contribution in [3.8, 4) is 0 Å². The summed E-state index contributed by atoms with van der Waals surface area (Å²) in [5, 5.41) is 0. The van der Waals surface area contributed by atoms with Crippen molar-refractivity contribution in [2.75, 3.05) is 25.5 Å². The Balaban J connectivity index is 3.66. The summed E-state index contributed by atoms with van der Waals surface area (Å²) in [5.74, 6) is -1.29. The van der Waals surface area contributed by atoms with E-state index in [1.165, 1.54) is 28.1 Å². The third-order valence-electron chi connectivity index (χ3n) is 1.88. The van der Waals surface area contributed by atoms with Crippen molar-refractivity contribution in [3.63, 3.8) is 0 Å². The number of carbonyl (C=O) groups is 2. The highest BCUT2D eigenvalue weighted by Gasteiger charge is 2.18. The molecular formula is C10H18INO7S. The maximum Gasteiger partial charge on any atom is 0.347 e. The van der Waals surface area contributed by atoms with Gasteiger partial charge in [0.05, 0.1) is 40.2 Å². The van der Waals surface area contributed by atoms with E-state index < -0.39 is 25.1 Å². The van der Waals surface area contributed by atoms with Gasteiger partial charge in [-0.05, 0) is 20.3 Å². The average Bonchev–Trinajstić information content (AvgIpc) is 2.32. The smallest absolute Gasteiger partial charge is 0.347 e. The lowest BCUT2D eigenvalue weighted by molar-refractivity contribution is -0.167. The Morgan fingerprint density at radius 2 is 2.00 bits per heavy atom. The van der Waals surface area contributed by atoms with Crippen LogP contribution in [-0.2, 0) is 30.9 Å². The first-order valence-corrected chi connectivity index (χ1v) is 10.1. The van der Waals surface area contributed by atoms with Crippen LogP contribution in [0.5, 0.6) is 0 Å². The van der Waals surface area contributed by atoms with Gasteiger partial charge in [-0.15, -0.1) is 0 Å². The molecule has 1 atom stereocenters. The van der Waals surface area contributed by atoms with Crippen LogP contribution < -0.4 is 5.48 Å². The van der Waals surface area contributed by atoms with Crippen LogP contribution in [0.2, 0.25) is 0 Å². The third-order valence-corrected chi connectivity index (χ3v) is 3.98. The monoisotopic (exact) mass is 423 g/mol. The summed E-state index contributed by atoms with van der Waals surface area (Å²) in [6.07, 6.45) is -0.666. The molecule has 0 spiro atoms. The number of halogens is 1. The van der Waals surface area contributed by atoms with Gasteiger partial charge in [0.15, 0.2) is 6.10 Å². The van der Waals surface area contributed by atoms with E-state index in [9.17, 15) is 18.0 Å². The number of esters is 2. The zero-order valence-corrected chi connectivity index (χ0v) is 14.2. The summed E-state index contributed by atoms with van der Waals surface area (Å²) in [6, 6.07) is 0. The van der Waals surface area contributed by atoms with Gasteiger partial charge in [-0.1, -0.05) is 0 Å². The molecule has 0 radical (unpaired) electrons. The van der Waals surface area contributed by atoms with Crippen molar-refractivity contribution < 1.29 is 32.3 Å². The van der Waals surface area contributed by atoms with Crippen molar-refractivity contribution >= 4 is 40.2 Å². The standard InChI is InChI=1S/C10H18INO7S/c1-3-17-10(14)8(2)19-9(13)7-12-18-5-4-6-20(11,15)16/h8,12H,3-7H2,1-2H3. The van der Waals surface area contributed by atoms with E-state index >= 15 is 0 Å². The molecule has 0 aliphatic carbocycles. The fourth-order valence-electron chi connectivity index (χ4n) is 1.03. The van der Waals surface area contributed by atoms with Crippen molar-refractivity contribution in [2.45, 2.75) is 26.4 Å². The zero-order chi connectivity index (χ0) is 15.6. The topological polar surface area (TPSA) is 108 Å². The van der Waals surface area contributed by atoms with Gasteiger partial charge in [0, 0.05) is 0 Å². The third kappa shape index (κ3) is 11.4. The Kier molecular flexibility index (Phi) is 10.1. The summed E-state index contributed by atoms with van der Waals surface area (Å²) in [6.45, 7) is 3.16. The van der Waals surface area contributed by atoms with Crippen LogP contribution in [0.15, 0.2) is 0 Å². The molecule has 8 nitrogen and oxygen atoms in total. The Hall–Kier alpha value is -0.460. The number of carbonyl (C=O) groups excluding carboxylic acids is 2. The van der Waals surface area contributed by atoms with E-state index in [2.05, 4.69) is 10.2 Å². The normalized spacial score (nSPS) is 12.8. The Bertz CT molecular complexity index is 412. The summed E-state index contributed by atoms with van der Waals surface area (Å²) in [7, 11) is -3.04. The first-order chi connectivity index (χ1) is 9.26. The van der Waals surface area contributed by atoms with Gasteiger partial charge in [0.25, 0.3) is 0 Å². The quantitative estimate of drug-likeness (QED) is 0.174. The maximum absolute atomic E-state index is 11.3. The van der Waals surface area contributed by atoms with Crippen molar-refractivity contribution in [1.29, 1.82) is 0 Å². The van der Waals surface area contributed by atoms with Crippen molar-refractivity contribution in [1.82, 2.24) is 5.48 Å². The van der Waals surface area contributed by atoms with Gasteiger partial charge in [-0.3, -0.25) is 4.79 Å². The molecule has 0 saturated heterocycles. The van der Waals surface area contributed by atoms with Gasteiger partial charge in [-0.2, -0.15) is 5.48 Å². The van der Waals surface area contributed by atoms with Crippen LogP contribution >= 0.6 is 21.2 Å². The summed E-state index contributed by atoms with van der Waals surface area (Å²) in [4.78, 5) is 27.3. The number of hydroxylamine groups is 1. The fraction of sp³-hybridized carbons (Fsp3) is 0.800. The molecule has 0 aromatic rings. The van der Waals surface area contributed by atoms with E-state index in [4.69, 9.17) is 9.57 Å². The molecule has 1 N–H and O–H groups in total. The van der Waals surface area contributed by atoms with Gasteiger partial charge in [-0.25, -0.2) is 13.2 Å². The molecule has 0 aliphatic heterocycles. The molecule has 0 bridgehead atoms. The van der Waals surface area contributed by atoms with E-state index in [0.717, 1.165) is 0 Å². The second-order valence-electron chi connectivity index (χ2n) is 3.65. The van der Waals surface area contributed by atoms with Crippen molar-refractivity contribution in [2.24, 2.45) is 0 Å². The fourth-order valence-corrected chi connectivity index (χ4v) is 2.43. The Labute approximate surface area is 130 Å². The molecule has 0 aliphatic rings.